The molecule has 0 aliphatic heterocycles. The Hall–Kier alpha value is -1.68. The van der Waals surface area contributed by atoms with Crippen molar-refractivity contribution in [1.82, 2.24) is 5.32 Å². The van der Waals surface area contributed by atoms with Gasteiger partial charge in [-0.25, -0.2) is 0 Å². The van der Waals surface area contributed by atoms with E-state index < -0.39 is 12.0 Å². The predicted molar refractivity (Wildman–Crippen MR) is 60.3 cm³/mol. The molecule has 0 saturated heterocycles. The summed E-state index contributed by atoms with van der Waals surface area (Å²) >= 11 is 0. The molecule has 0 aliphatic carbocycles. The van der Waals surface area contributed by atoms with Crippen LogP contribution in [-0.2, 0) is 9.53 Å². The molecule has 1 atom stereocenters. The van der Waals surface area contributed by atoms with Gasteiger partial charge in [-0.15, -0.1) is 0 Å². The molecule has 4 heteroatoms. The van der Waals surface area contributed by atoms with Gasteiger partial charge in [0.25, 0.3) is 0 Å². The maximum atomic E-state index is 12.0. The molecule has 4 nitrogen and oxygen atoms in total. The lowest BCUT2D eigenvalue weighted by Gasteiger charge is -2.13. The van der Waals surface area contributed by atoms with Crippen molar-refractivity contribution in [2.45, 2.75) is 12.5 Å². The van der Waals surface area contributed by atoms with Crippen LogP contribution in [0.4, 0.5) is 0 Å². The first-order chi connectivity index (χ1) is 7.69. The second kappa shape index (κ2) is 6.02. The van der Waals surface area contributed by atoms with Gasteiger partial charge in [0.05, 0.1) is 19.6 Å². The molecule has 0 bridgehead atoms. The van der Waals surface area contributed by atoms with E-state index in [-0.39, 0.29) is 12.2 Å². The number of nitrogens with one attached hydrogen (secondary N) is 1. The monoisotopic (exact) mass is 221 g/mol. The van der Waals surface area contributed by atoms with Crippen LogP contribution in [0.1, 0.15) is 16.8 Å². The quantitative estimate of drug-likeness (QED) is 0.595. The number of ether oxygens (including phenoxy) is 1. The van der Waals surface area contributed by atoms with Crippen molar-refractivity contribution in [2.24, 2.45) is 0 Å². The Kier molecular flexibility index (Phi) is 4.66. The van der Waals surface area contributed by atoms with Crippen molar-refractivity contribution in [2.75, 3.05) is 14.2 Å². The van der Waals surface area contributed by atoms with Gasteiger partial charge in [-0.05, 0) is 7.05 Å². The van der Waals surface area contributed by atoms with Gasteiger partial charge >= 0.3 is 5.97 Å². The van der Waals surface area contributed by atoms with Gasteiger partial charge in [0, 0.05) is 5.56 Å². The van der Waals surface area contributed by atoms with E-state index in [1.165, 1.54) is 7.11 Å². The Balaban J connectivity index is 2.74. The van der Waals surface area contributed by atoms with Crippen molar-refractivity contribution < 1.29 is 14.3 Å². The van der Waals surface area contributed by atoms with Gasteiger partial charge in [-0.2, -0.15) is 0 Å². The first kappa shape index (κ1) is 12.4. The van der Waals surface area contributed by atoms with Crippen molar-refractivity contribution in [1.29, 1.82) is 0 Å². The van der Waals surface area contributed by atoms with E-state index in [2.05, 4.69) is 10.1 Å². The number of rotatable bonds is 5. The molecule has 1 N–H and O–H groups in total. The number of ketones is 1. The van der Waals surface area contributed by atoms with E-state index in [4.69, 9.17) is 0 Å². The van der Waals surface area contributed by atoms with Crippen molar-refractivity contribution in [3.05, 3.63) is 35.9 Å². The highest BCUT2D eigenvalue weighted by atomic mass is 16.5. The second-order valence-electron chi connectivity index (χ2n) is 3.35. The summed E-state index contributed by atoms with van der Waals surface area (Å²) in [5, 5.41) is 2.82. The molecule has 0 aliphatic rings. The largest absolute Gasteiger partial charge is 0.469 e. The summed E-state index contributed by atoms with van der Waals surface area (Å²) in [6.07, 6.45) is 0.0424. The standard InChI is InChI=1S/C12H15NO3/c1-13-10(8-11(14)16-2)12(15)9-6-4-3-5-7-9/h3-7,10,13H,8H2,1-2H3. The van der Waals surface area contributed by atoms with Crippen LogP contribution in [0.15, 0.2) is 30.3 Å². The smallest absolute Gasteiger partial charge is 0.307 e. The molecule has 0 fully saturated rings. The van der Waals surface area contributed by atoms with Crippen molar-refractivity contribution in [3.8, 4) is 0 Å². The number of methoxy groups -OCH3 is 1. The summed E-state index contributed by atoms with van der Waals surface area (Å²) in [6.45, 7) is 0. The SMILES string of the molecule is CNC(CC(=O)OC)C(=O)c1ccccc1. The highest BCUT2D eigenvalue weighted by molar-refractivity contribution is 6.01. The van der Waals surface area contributed by atoms with Crippen LogP contribution in [0.25, 0.3) is 0 Å². The van der Waals surface area contributed by atoms with Crippen LogP contribution in [0.3, 0.4) is 0 Å². The van der Waals surface area contributed by atoms with Gasteiger partial charge in [0.15, 0.2) is 5.78 Å². The highest BCUT2D eigenvalue weighted by Crippen LogP contribution is 2.06. The summed E-state index contributed by atoms with van der Waals surface area (Å²) in [5.41, 5.74) is 0.589. The summed E-state index contributed by atoms with van der Waals surface area (Å²) in [4.78, 5) is 23.1. The van der Waals surface area contributed by atoms with Gasteiger partial charge in [-0.1, -0.05) is 30.3 Å². The van der Waals surface area contributed by atoms with E-state index >= 15 is 0 Å². The molecule has 1 unspecified atom stereocenters. The van der Waals surface area contributed by atoms with Gasteiger partial charge in [0.1, 0.15) is 0 Å². The Morgan fingerprint density at radius 3 is 2.44 bits per heavy atom. The molecule has 1 rings (SSSR count). The average Bonchev–Trinajstić information content (AvgIpc) is 2.35. The molecule has 1 aromatic carbocycles. The maximum Gasteiger partial charge on any atom is 0.307 e. The minimum Gasteiger partial charge on any atom is -0.469 e. The van der Waals surface area contributed by atoms with Crippen LogP contribution in [0.5, 0.6) is 0 Å². The van der Waals surface area contributed by atoms with Crippen LogP contribution in [0.2, 0.25) is 0 Å². The van der Waals surface area contributed by atoms with Crippen LogP contribution < -0.4 is 5.32 Å². The average molecular weight is 221 g/mol. The van der Waals surface area contributed by atoms with E-state index in [1.807, 2.05) is 6.07 Å². The summed E-state index contributed by atoms with van der Waals surface area (Å²) in [5.74, 6) is -0.503. The summed E-state index contributed by atoms with van der Waals surface area (Å²) in [6, 6.07) is 8.34. The first-order valence-electron chi connectivity index (χ1n) is 5.02. The Bertz CT molecular complexity index is 362. The lowest BCUT2D eigenvalue weighted by Crippen LogP contribution is -2.36. The van der Waals surface area contributed by atoms with E-state index in [1.54, 1.807) is 31.3 Å². The number of esters is 1. The lowest BCUT2D eigenvalue weighted by molar-refractivity contribution is -0.140. The van der Waals surface area contributed by atoms with E-state index in [0.717, 1.165) is 0 Å². The van der Waals surface area contributed by atoms with Crippen molar-refractivity contribution >= 4 is 11.8 Å². The third kappa shape index (κ3) is 3.17. The minimum absolute atomic E-state index is 0.0424. The third-order valence-electron chi connectivity index (χ3n) is 2.32. The molecule has 0 heterocycles. The fourth-order valence-electron chi connectivity index (χ4n) is 1.38. The van der Waals surface area contributed by atoms with Gasteiger partial charge < -0.3 is 10.1 Å². The molecule has 0 amide bonds. The van der Waals surface area contributed by atoms with E-state index in [9.17, 15) is 9.59 Å². The number of benzene rings is 1. The highest BCUT2D eigenvalue weighted by Gasteiger charge is 2.21. The topological polar surface area (TPSA) is 55.4 Å². The minimum atomic E-state index is -0.533. The zero-order valence-corrected chi connectivity index (χ0v) is 9.40. The van der Waals surface area contributed by atoms with Crippen molar-refractivity contribution in [3.63, 3.8) is 0 Å². The van der Waals surface area contributed by atoms with Gasteiger partial charge in [-0.3, -0.25) is 9.59 Å². The predicted octanol–water partition coefficient (Wildman–Crippen LogP) is 1.02. The molecule has 0 radical (unpaired) electrons. The number of hydrogen-bond acceptors (Lipinski definition) is 4. The zero-order valence-electron chi connectivity index (χ0n) is 9.40. The molecular weight excluding hydrogens is 206 g/mol. The van der Waals surface area contributed by atoms with E-state index in [0.29, 0.717) is 5.56 Å². The normalized spacial score (nSPS) is 11.9. The molecule has 86 valence electrons. The number of likely N-dealkylation sites (N-methyl/N-ethyl adjacent to an activating group) is 1. The second-order valence-corrected chi connectivity index (χ2v) is 3.35. The number of carbonyl (C=O) groups is 2. The lowest BCUT2D eigenvalue weighted by atomic mass is 10.0. The molecule has 16 heavy (non-hydrogen) atoms. The number of hydrogen-bond donors (Lipinski definition) is 1. The molecule has 0 saturated carbocycles. The molecule has 0 aromatic heterocycles. The van der Waals surface area contributed by atoms with Gasteiger partial charge in [0.2, 0.25) is 0 Å². The Labute approximate surface area is 94.6 Å². The third-order valence-corrected chi connectivity index (χ3v) is 2.32. The van der Waals surface area contributed by atoms with Crippen LogP contribution in [-0.4, -0.2) is 32.0 Å². The zero-order chi connectivity index (χ0) is 12.0. The Morgan fingerprint density at radius 1 is 1.31 bits per heavy atom. The molecular formula is C12H15NO3. The molecule has 1 aromatic rings. The Morgan fingerprint density at radius 2 is 1.94 bits per heavy atom. The first-order valence-corrected chi connectivity index (χ1v) is 5.02. The number of Topliss-reactive ketones (excluding diaryl/α,β-unsaturated/α-hetero) is 1. The maximum absolute atomic E-state index is 12.0. The van der Waals surface area contributed by atoms with Crippen LogP contribution in [0, 0.1) is 0 Å². The fourth-order valence-corrected chi connectivity index (χ4v) is 1.38. The van der Waals surface area contributed by atoms with Crippen LogP contribution >= 0.6 is 0 Å². The molecule has 0 spiro atoms. The summed E-state index contributed by atoms with van der Waals surface area (Å²) < 4.78 is 4.54. The summed E-state index contributed by atoms with van der Waals surface area (Å²) in [7, 11) is 2.95. The number of carbonyl (C=O) groups excluding carboxylic acids is 2. The fraction of sp³-hybridized carbons (Fsp3) is 0.333.